The first-order chi connectivity index (χ1) is 12.1. The zero-order valence-electron chi connectivity index (χ0n) is 13.0. The van der Waals surface area contributed by atoms with Crippen molar-refractivity contribution >= 4 is 34.0 Å². The van der Waals surface area contributed by atoms with Gasteiger partial charge in [0.2, 0.25) is 0 Å². The molecule has 128 valence electrons. The highest BCUT2D eigenvalue weighted by Crippen LogP contribution is 2.22. The van der Waals surface area contributed by atoms with E-state index in [-0.39, 0.29) is 18.3 Å². The summed E-state index contributed by atoms with van der Waals surface area (Å²) in [7, 11) is 0. The van der Waals surface area contributed by atoms with Crippen LogP contribution in [0.25, 0.3) is 0 Å². The van der Waals surface area contributed by atoms with Crippen LogP contribution in [0.15, 0.2) is 54.7 Å². The number of thiazole rings is 1. The topological polar surface area (TPSA) is 51.2 Å². The van der Waals surface area contributed by atoms with Crippen LogP contribution in [-0.4, -0.2) is 17.5 Å². The highest BCUT2D eigenvalue weighted by molar-refractivity contribution is 7.15. The summed E-state index contributed by atoms with van der Waals surface area (Å²) in [5.41, 5.74) is 1.12. The lowest BCUT2D eigenvalue weighted by molar-refractivity contribution is -0.118. The normalized spacial score (nSPS) is 10.5. The van der Waals surface area contributed by atoms with Gasteiger partial charge in [0.25, 0.3) is 5.91 Å². The molecule has 0 saturated heterocycles. The van der Waals surface area contributed by atoms with Gasteiger partial charge < -0.3 is 4.74 Å². The SMILES string of the molecule is O=C(COc1ccc(F)cc1)Nc1ncc(Cc2ccc(Cl)cc2)s1. The fourth-order valence-electron chi connectivity index (χ4n) is 2.09. The molecule has 1 heterocycles. The number of benzene rings is 2. The minimum Gasteiger partial charge on any atom is -0.484 e. The minimum atomic E-state index is -0.354. The first kappa shape index (κ1) is 17.4. The molecule has 0 aliphatic carbocycles. The Kier molecular flexibility index (Phi) is 5.63. The second-order valence-corrected chi connectivity index (χ2v) is 6.78. The molecular weight excluding hydrogens is 363 g/mol. The summed E-state index contributed by atoms with van der Waals surface area (Å²) in [6.45, 7) is -0.169. The predicted octanol–water partition coefficient (Wildman–Crippen LogP) is 4.54. The van der Waals surface area contributed by atoms with Crippen molar-refractivity contribution in [3.63, 3.8) is 0 Å². The van der Waals surface area contributed by atoms with Crippen molar-refractivity contribution in [3.05, 3.63) is 76.0 Å². The fourth-order valence-corrected chi connectivity index (χ4v) is 3.07. The molecule has 0 aliphatic rings. The van der Waals surface area contributed by atoms with E-state index in [0.29, 0.717) is 15.9 Å². The molecule has 3 aromatic rings. The van der Waals surface area contributed by atoms with Crippen molar-refractivity contribution in [1.82, 2.24) is 4.98 Å². The van der Waals surface area contributed by atoms with Gasteiger partial charge in [-0.15, -0.1) is 11.3 Å². The zero-order valence-corrected chi connectivity index (χ0v) is 14.6. The van der Waals surface area contributed by atoms with Crippen LogP contribution in [0, 0.1) is 5.82 Å². The van der Waals surface area contributed by atoms with Gasteiger partial charge in [0, 0.05) is 22.5 Å². The number of halogens is 2. The Labute approximate surface area is 153 Å². The van der Waals surface area contributed by atoms with E-state index >= 15 is 0 Å². The Morgan fingerprint density at radius 2 is 1.88 bits per heavy atom. The smallest absolute Gasteiger partial charge is 0.264 e. The van der Waals surface area contributed by atoms with Crippen LogP contribution >= 0.6 is 22.9 Å². The lowest BCUT2D eigenvalue weighted by Crippen LogP contribution is -2.19. The first-order valence-electron chi connectivity index (χ1n) is 7.46. The van der Waals surface area contributed by atoms with Crippen molar-refractivity contribution in [1.29, 1.82) is 0 Å². The number of nitrogens with one attached hydrogen (secondary N) is 1. The van der Waals surface area contributed by atoms with E-state index in [2.05, 4.69) is 10.3 Å². The molecule has 1 N–H and O–H groups in total. The van der Waals surface area contributed by atoms with Crippen molar-refractivity contribution in [2.24, 2.45) is 0 Å². The summed E-state index contributed by atoms with van der Waals surface area (Å²) in [4.78, 5) is 17.1. The zero-order chi connectivity index (χ0) is 17.6. The van der Waals surface area contributed by atoms with Gasteiger partial charge in [0.1, 0.15) is 11.6 Å². The quantitative estimate of drug-likeness (QED) is 0.687. The summed E-state index contributed by atoms with van der Waals surface area (Å²) in [5.74, 6) is -0.247. The monoisotopic (exact) mass is 376 g/mol. The van der Waals surface area contributed by atoms with Gasteiger partial charge in [-0.25, -0.2) is 9.37 Å². The molecule has 0 fully saturated rings. The number of anilines is 1. The van der Waals surface area contributed by atoms with E-state index in [4.69, 9.17) is 16.3 Å². The van der Waals surface area contributed by atoms with Crippen LogP contribution in [0.2, 0.25) is 5.02 Å². The molecule has 2 aromatic carbocycles. The first-order valence-corrected chi connectivity index (χ1v) is 8.65. The molecule has 0 atom stereocenters. The average Bonchev–Trinajstić information content (AvgIpc) is 3.03. The predicted molar refractivity (Wildman–Crippen MR) is 96.9 cm³/mol. The molecule has 0 bridgehead atoms. The lowest BCUT2D eigenvalue weighted by atomic mass is 10.1. The number of nitrogens with zero attached hydrogens (tertiary/aromatic N) is 1. The average molecular weight is 377 g/mol. The van der Waals surface area contributed by atoms with Gasteiger partial charge in [0.15, 0.2) is 11.7 Å². The number of carbonyl (C=O) groups excluding carboxylic acids is 1. The van der Waals surface area contributed by atoms with E-state index in [0.717, 1.165) is 16.9 Å². The van der Waals surface area contributed by atoms with Gasteiger partial charge in [-0.05, 0) is 42.0 Å². The standard InChI is InChI=1S/C18H14ClFN2O2S/c19-13-3-1-12(2-4-13)9-16-10-21-18(25-16)22-17(23)11-24-15-7-5-14(20)6-8-15/h1-8,10H,9,11H2,(H,21,22,23). The van der Waals surface area contributed by atoms with Crippen molar-refractivity contribution in [3.8, 4) is 5.75 Å². The summed E-state index contributed by atoms with van der Waals surface area (Å²) >= 11 is 7.27. The maximum Gasteiger partial charge on any atom is 0.264 e. The van der Waals surface area contributed by atoms with Gasteiger partial charge in [-0.1, -0.05) is 23.7 Å². The van der Waals surface area contributed by atoms with Crippen LogP contribution < -0.4 is 10.1 Å². The van der Waals surface area contributed by atoms with Gasteiger partial charge in [-0.3, -0.25) is 10.1 Å². The second-order valence-electron chi connectivity index (χ2n) is 5.23. The molecule has 0 spiro atoms. The Hall–Kier alpha value is -2.44. The van der Waals surface area contributed by atoms with Crippen LogP contribution in [0.3, 0.4) is 0 Å². The number of ether oxygens (including phenoxy) is 1. The van der Waals surface area contributed by atoms with E-state index in [1.165, 1.54) is 35.6 Å². The van der Waals surface area contributed by atoms with Crippen LogP contribution in [0.5, 0.6) is 5.75 Å². The Morgan fingerprint density at radius 3 is 2.60 bits per heavy atom. The molecule has 0 aliphatic heterocycles. The maximum absolute atomic E-state index is 12.8. The molecule has 0 unspecified atom stereocenters. The third-order valence-corrected chi connectivity index (χ3v) is 4.44. The highest BCUT2D eigenvalue weighted by Gasteiger charge is 2.08. The largest absolute Gasteiger partial charge is 0.484 e. The van der Waals surface area contributed by atoms with Gasteiger partial charge in [-0.2, -0.15) is 0 Å². The highest BCUT2D eigenvalue weighted by atomic mass is 35.5. The Balaban J connectivity index is 1.51. The number of carbonyl (C=O) groups is 1. The van der Waals surface area contributed by atoms with E-state index in [1.807, 2.05) is 24.3 Å². The van der Waals surface area contributed by atoms with Crippen molar-refractivity contribution in [2.75, 3.05) is 11.9 Å². The number of rotatable bonds is 6. The molecule has 3 rings (SSSR count). The second kappa shape index (κ2) is 8.09. The van der Waals surface area contributed by atoms with Crippen molar-refractivity contribution in [2.45, 2.75) is 6.42 Å². The molecule has 1 amide bonds. The lowest BCUT2D eigenvalue weighted by Gasteiger charge is -2.05. The third kappa shape index (κ3) is 5.27. The fraction of sp³-hybridized carbons (Fsp3) is 0.111. The molecular formula is C18H14ClFN2O2S. The van der Waals surface area contributed by atoms with E-state index in [9.17, 15) is 9.18 Å². The molecule has 0 saturated carbocycles. The molecule has 7 heteroatoms. The molecule has 1 aromatic heterocycles. The Morgan fingerprint density at radius 1 is 1.16 bits per heavy atom. The maximum atomic E-state index is 12.8. The number of hydrogen-bond donors (Lipinski definition) is 1. The van der Waals surface area contributed by atoms with Gasteiger partial charge in [0.05, 0.1) is 0 Å². The number of hydrogen-bond acceptors (Lipinski definition) is 4. The summed E-state index contributed by atoms with van der Waals surface area (Å²) in [5, 5.41) is 3.89. The van der Waals surface area contributed by atoms with E-state index in [1.54, 1.807) is 6.20 Å². The number of aromatic nitrogens is 1. The van der Waals surface area contributed by atoms with Gasteiger partial charge >= 0.3 is 0 Å². The minimum absolute atomic E-state index is 0.169. The summed E-state index contributed by atoms with van der Waals surface area (Å²) < 4.78 is 18.1. The molecule has 0 radical (unpaired) electrons. The van der Waals surface area contributed by atoms with Crippen LogP contribution in [0.1, 0.15) is 10.4 Å². The summed E-state index contributed by atoms with van der Waals surface area (Å²) in [6, 6.07) is 13.1. The molecule has 4 nitrogen and oxygen atoms in total. The molecule has 25 heavy (non-hydrogen) atoms. The van der Waals surface area contributed by atoms with Crippen molar-refractivity contribution < 1.29 is 13.9 Å². The van der Waals surface area contributed by atoms with E-state index < -0.39 is 0 Å². The number of amides is 1. The summed E-state index contributed by atoms with van der Waals surface area (Å²) in [6.07, 6.45) is 2.45. The van der Waals surface area contributed by atoms with Crippen LogP contribution in [0.4, 0.5) is 9.52 Å². The van der Waals surface area contributed by atoms with Crippen LogP contribution in [-0.2, 0) is 11.2 Å². The third-order valence-electron chi connectivity index (χ3n) is 3.28. The Bertz CT molecular complexity index is 850.